The van der Waals surface area contributed by atoms with Crippen LogP contribution in [0, 0.1) is 5.92 Å². The molecule has 1 rings (SSSR count). The van der Waals surface area contributed by atoms with Crippen molar-refractivity contribution in [2.75, 3.05) is 0 Å². The molecular formula is C17H22O5. The van der Waals surface area contributed by atoms with Crippen molar-refractivity contribution in [3.8, 4) is 11.5 Å². The summed E-state index contributed by atoms with van der Waals surface area (Å²) in [5.41, 5.74) is 0.328. The van der Waals surface area contributed by atoms with Crippen LogP contribution in [0.25, 0.3) is 0 Å². The minimum atomic E-state index is -0.532. The quantitative estimate of drug-likeness (QED) is 0.438. The van der Waals surface area contributed by atoms with Crippen LogP contribution in [0.15, 0.2) is 18.2 Å². The van der Waals surface area contributed by atoms with Crippen molar-refractivity contribution in [2.24, 2.45) is 5.92 Å². The maximum atomic E-state index is 12.5. The highest BCUT2D eigenvalue weighted by molar-refractivity contribution is 6.00. The van der Waals surface area contributed by atoms with E-state index < -0.39 is 11.9 Å². The number of ketones is 1. The van der Waals surface area contributed by atoms with E-state index in [2.05, 4.69) is 6.92 Å². The highest BCUT2D eigenvalue weighted by atomic mass is 16.5. The molecule has 0 saturated carbocycles. The molecule has 5 nitrogen and oxygen atoms in total. The first kappa shape index (κ1) is 17.9. The fourth-order valence-electron chi connectivity index (χ4n) is 2.08. The van der Waals surface area contributed by atoms with Gasteiger partial charge in [-0.15, -0.1) is 0 Å². The lowest BCUT2D eigenvalue weighted by atomic mass is 9.94. The van der Waals surface area contributed by atoms with Gasteiger partial charge in [0.2, 0.25) is 0 Å². The van der Waals surface area contributed by atoms with Crippen LogP contribution in [0.3, 0.4) is 0 Å². The minimum Gasteiger partial charge on any atom is -0.427 e. The molecule has 0 bridgehead atoms. The zero-order valence-corrected chi connectivity index (χ0v) is 13.5. The Kier molecular flexibility index (Phi) is 6.76. The molecule has 0 heterocycles. The largest absolute Gasteiger partial charge is 0.427 e. The van der Waals surface area contributed by atoms with Gasteiger partial charge in [-0.1, -0.05) is 26.7 Å². The number of ether oxygens (including phenoxy) is 2. The summed E-state index contributed by atoms with van der Waals surface area (Å²) in [4.78, 5) is 34.7. The summed E-state index contributed by atoms with van der Waals surface area (Å²) in [6.07, 6.45) is 2.75. The summed E-state index contributed by atoms with van der Waals surface area (Å²) in [6, 6.07) is 4.44. The van der Waals surface area contributed by atoms with Gasteiger partial charge in [-0.2, -0.15) is 0 Å². The molecule has 0 radical (unpaired) electrons. The van der Waals surface area contributed by atoms with Gasteiger partial charge in [0.15, 0.2) is 5.78 Å². The molecule has 0 aromatic heterocycles. The van der Waals surface area contributed by atoms with Crippen LogP contribution < -0.4 is 9.47 Å². The summed E-state index contributed by atoms with van der Waals surface area (Å²) in [5.74, 6) is -0.895. The molecule has 1 aromatic rings. The maximum Gasteiger partial charge on any atom is 0.308 e. The summed E-state index contributed by atoms with van der Waals surface area (Å²) >= 11 is 0. The van der Waals surface area contributed by atoms with Crippen LogP contribution in [0.5, 0.6) is 11.5 Å². The Morgan fingerprint density at radius 2 is 1.73 bits per heavy atom. The van der Waals surface area contributed by atoms with E-state index in [1.165, 1.54) is 32.0 Å². The molecule has 0 amide bonds. The van der Waals surface area contributed by atoms with Crippen LogP contribution >= 0.6 is 0 Å². The van der Waals surface area contributed by atoms with Gasteiger partial charge in [0.25, 0.3) is 0 Å². The normalized spacial score (nSPS) is 11.6. The van der Waals surface area contributed by atoms with Gasteiger partial charge < -0.3 is 9.47 Å². The summed E-state index contributed by atoms with van der Waals surface area (Å²) in [7, 11) is 0. The molecule has 0 unspecified atom stereocenters. The molecule has 0 saturated heterocycles. The van der Waals surface area contributed by atoms with E-state index in [1.807, 2.05) is 6.92 Å². The Morgan fingerprint density at radius 3 is 2.27 bits per heavy atom. The van der Waals surface area contributed by atoms with E-state index in [1.54, 1.807) is 0 Å². The summed E-state index contributed by atoms with van der Waals surface area (Å²) in [5, 5.41) is 0. The molecule has 22 heavy (non-hydrogen) atoms. The average Bonchev–Trinajstić information content (AvgIpc) is 2.43. The summed E-state index contributed by atoms with van der Waals surface area (Å²) < 4.78 is 10.0. The minimum absolute atomic E-state index is 0.0842. The SMILES string of the molecule is CCCC[C@@H](C)C(=O)c1ccc(OC(C)=O)cc1OC(C)=O. The number of Topliss-reactive ketones (excluding diaryl/α,β-unsaturated/α-hetero) is 1. The van der Waals surface area contributed by atoms with E-state index in [4.69, 9.17) is 9.47 Å². The van der Waals surface area contributed by atoms with Crippen LogP contribution in [0.2, 0.25) is 0 Å². The summed E-state index contributed by atoms with van der Waals surface area (Å²) in [6.45, 7) is 6.45. The lowest BCUT2D eigenvalue weighted by Crippen LogP contribution is -2.14. The zero-order valence-electron chi connectivity index (χ0n) is 13.5. The molecular weight excluding hydrogens is 284 g/mol. The van der Waals surface area contributed by atoms with Gasteiger partial charge in [0.05, 0.1) is 5.56 Å². The van der Waals surface area contributed by atoms with Crippen molar-refractivity contribution in [1.82, 2.24) is 0 Å². The van der Waals surface area contributed by atoms with E-state index >= 15 is 0 Å². The van der Waals surface area contributed by atoms with Crippen LogP contribution in [-0.2, 0) is 9.59 Å². The molecule has 0 aliphatic rings. The molecule has 0 aliphatic carbocycles. The fourth-order valence-corrected chi connectivity index (χ4v) is 2.08. The van der Waals surface area contributed by atoms with Gasteiger partial charge in [0.1, 0.15) is 11.5 Å². The Hall–Kier alpha value is -2.17. The number of benzene rings is 1. The van der Waals surface area contributed by atoms with Crippen molar-refractivity contribution >= 4 is 17.7 Å². The second-order valence-corrected chi connectivity index (χ2v) is 5.25. The first-order chi connectivity index (χ1) is 10.3. The van der Waals surface area contributed by atoms with Crippen LogP contribution in [0.4, 0.5) is 0 Å². The Morgan fingerprint density at radius 1 is 1.09 bits per heavy atom. The van der Waals surface area contributed by atoms with Crippen LogP contribution in [0.1, 0.15) is 57.3 Å². The maximum absolute atomic E-state index is 12.5. The molecule has 0 aliphatic heterocycles. The van der Waals surface area contributed by atoms with Gasteiger partial charge >= 0.3 is 11.9 Å². The topological polar surface area (TPSA) is 69.7 Å². The Bertz CT molecular complexity index is 562. The highest BCUT2D eigenvalue weighted by Crippen LogP contribution is 2.28. The third kappa shape index (κ3) is 5.31. The molecule has 1 atom stereocenters. The monoisotopic (exact) mass is 306 g/mol. The van der Waals surface area contributed by atoms with Crippen molar-refractivity contribution in [1.29, 1.82) is 0 Å². The van der Waals surface area contributed by atoms with Gasteiger partial charge in [0, 0.05) is 25.8 Å². The number of hydrogen-bond acceptors (Lipinski definition) is 5. The van der Waals surface area contributed by atoms with Crippen molar-refractivity contribution in [3.63, 3.8) is 0 Å². The van der Waals surface area contributed by atoms with E-state index in [9.17, 15) is 14.4 Å². The lowest BCUT2D eigenvalue weighted by Gasteiger charge is -2.14. The number of hydrogen-bond donors (Lipinski definition) is 0. The third-order valence-corrected chi connectivity index (χ3v) is 3.17. The van der Waals surface area contributed by atoms with E-state index in [0.717, 1.165) is 19.3 Å². The first-order valence-electron chi connectivity index (χ1n) is 7.40. The first-order valence-corrected chi connectivity index (χ1v) is 7.40. The van der Waals surface area contributed by atoms with Gasteiger partial charge in [-0.05, 0) is 18.6 Å². The smallest absolute Gasteiger partial charge is 0.308 e. The Balaban J connectivity index is 3.08. The second-order valence-electron chi connectivity index (χ2n) is 5.25. The number of unbranched alkanes of at least 4 members (excludes halogenated alkanes) is 1. The standard InChI is InChI=1S/C17H22O5/c1-5-6-7-11(2)17(20)15-9-8-14(21-12(3)18)10-16(15)22-13(4)19/h8-11H,5-7H2,1-4H3/t11-/m1/s1. The Labute approximate surface area is 130 Å². The fraction of sp³-hybridized carbons (Fsp3) is 0.471. The van der Waals surface area contributed by atoms with Gasteiger partial charge in [-0.25, -0.2) is 0 Å². The lowest BCUT2D eigenvalue weighted by molar-refractivity contribution is -0.132. The predicted octanol–water partition coefficient (Wildman–Crippen LogP) is 3.55. The average molecular weight is 306 g/mol. The van der Waals surface area contributed by atoms with Crippen molar-refractivity contribution in [2.45, 2.75) is 47.0 Å². The zero-order chi connectivity index (χ0) is 16.7. The highest BCUT2D eigenvalue weighted by Gasteiger charge is 2.20. The van der Waals surface area contributed by atoms with Crippen molar-refractivity contribution in [3.05, 3.63) is 23.8 Å². The molecule has 0 spiro atoms. The molecule has 0 N–H and O–H groups in total. The molecule has 5 heteroatoms. The molecule has 0 fully saturated rings. The van der Waals surface area contributed by atoms with Crippen LogP contribution in [-0.4, -0.2) is 17.7 Å². The van der Waals surface area contributed by atoms with E-state index in [0.29, 0.717) is 5.56 Å². The number of esters is 2. The number of carbonyl (C=O) groups excluding carboxylic acids is 3. The third-order valence-electron chi connectivity index (χ3n) is 3.17. The molecule has 1 aromatic carbocycles. The van der Waals surface area contributed by atoms with Crippen molar-refractivity contribution < 1.29 is 23.9 Å². The number of rotatable bonds is 7. The number of carbonyl (C=O) groups is 3. The van der Waals surface area contributed by atoms with E-state index in [-0.39, 0.29) is 23.2 Å². The molecule has 120 valence electrons. The second kappa shape index (κ2) is 8.32. The predicted molar refractivity (Wildman–Crippen MR) is 82.1 cm³/mol. The van der Waals surface area contributed by atoms with Gasteiger partial charge in [-0.3, -0.25) is 14.4 Å².